The van der Waals surface area contributed by atoms with Crippen molar-refractivity contribution >= 4 is 6.16 Å². The molecule has 1 aromatic heterocycles. The van der Waals surface area contributed by atoms with Gasteiger partial charge < -0.3 is 20.0 Å². The van der Waals surface area contributed by atoms with E-state index >= 15 is 0 Å². The number of rotatable bonds is 0. The minimum atomic E-state index is -2.33. The Morgan fingerprint density at radius 2 is 1.36 bits per heavy atom. The van der Waals surface area contributed by atoms with Crippen molar-refractivity contribution in [3.63, 3.8) is 0 Å². The van der Waals surface area contributed by atoms with Crippen LogP contribution >= 0.6 is 0 Å². The second-order valence-electron chi connectivity index (χ2n) is 1.13. The van der Waals surface area contributed by atoms with Crippen LogP contribution in [-0.2, 0) is 0 Å². The smallest absolute Gasteiger partial charge is 0.652 e. The molecule has 0 unspecified atom stereocenters. The van der Waals surface area contributed by atoms with Crippen molar-refractivity contribution in [2.45, 2.75) is 0 Å². The molecule has 1 aromatic rings. The summed E-state index contributed by atoms with van der Waals surface area (Å²) in [5.41, 5.74) is 0. The maximum absolute atomic E-state index is 8.33. The molecule has 1 heterocycles. The number of carboxylic acid groups (broad SMARTS) is 2. The predicted octanol–water partition coefficient (Wildman–Crippen LogP) is -7.42. The first-order valence-corrected chi connectivity index (χ1v) is 2.19. The van der Waals surface area contributed by atoms with Gasteiger partial charge >= 0.3 is 138 Å². The molecule has 11 heavy (non-hydrogen) atoms. The molecule has 1 N–H and O–H groups in total. The third-order valence-corrected chi connectivity index (χ3v) is 0.496. The molecule has 0 aliphatic carbocycles. The van der Waals surface area contributed by atoms with Crippen molar-refractivity contribution in [2.75, 3.05) is 0 Å². The summed E-state index contributed by atoms with van der Waals surface area (Å²) in [5, 5.41) is 16.7. The second kappa shape index (κ2) is 15.1. The van der Waals surface area contributed by atoms with Gasteiger partial charge in [0.05, 0.1) is 0 Å². The molecule has 0 bridgehead atoms. The Morgan fingerprint density at radius 3 is 1.45 bits per heavy atom. The van der Waals surface area contributed by atoms with E-state index in [1.807, 2.05) is 24.5 Å². The van der Waals surface area contributed by atoms with E-state index in [4.69, 9.17) is 15.0 Å². The number of hydrogen-bond donors (Lipinski definition) is 1. The molecule has 0 atom stereocenters. The van der Waals surface area contributed by atoms with Gasteiger partial charge in [-0.2, -0.15) is 0 Å². The second-order valence-corrected chi connectivity index (χ2v) is 1.13. The Balaban J connectivity index is -0.000000101. The number of carbonyl (C=O) groups is 1. The van der Waals surface area contributed by atoms with Gasteiger partial charge in [0.25, 0.3) is 0 Å². The van der Waals surface area contributed by atoms with E-state index < -0.39 is 6.16 Å². The average Bonchev–Trinajstić information content (AvgIpc) is 2.11. The first-order valence-electron chi connectivity index (χ1n) is 2.19. The fraction of sp³-hybridized carbons (Fsp3) is 0. The van der Waals surface area contributed by atoms with E-state index in [0.717, 1.165) is 0 Å². The molecule has 50 valence electrons. The fourth-order valence-electron chi connectivity index (χ4n) is 0.278. The van der Waals surface area contributed by atoms with Crippen LogP contribution in [0.5, 0.6) is 0 Å². The standard InChI is InChI=1S/C4H5N.CH2O3.2Cs/c1-2-4-5-3-1;2-1(3)4;;/h1-5H;(H2,2,3,4);;/q;;2*+1/p-2. The number of nitrogens with one attached hydrogen (secondary N) is 1. The van der Waals surface area contributed by atoms with Crippen molar-refractivity contribution in [2.24, 2.45) is 0 Å². The summed E-state index contributed by atoms with van der Waals surface area (Å²) < 4.78 is 0. The molecule has 6 heteroatoms. The van der Waals surface area contributed by atoms with Crippen molar-refractivity contribution in [1.82, 2.24) is 4.98 Å². The molecule has 0 saturated carbocycles. The van der Waals surface area contributed by atoms with Gasteiger partial charge in [-0.05, 0) is 18.3 Å². The quantitative estimate of drug-likeness (QED) is 0.476. The molecule has 0 spiro atoms. The average molecular weight is 393 g/mol. The molecule has 0 amide bonds. The fourth-order valence-corrected chi connectivity index (χ4v) is 0.278. The largest absolute Gasteiger partial charge is 1.00 e. The summed E-state index contributed by atoms with van der Waals surface area (Å²) in [5.74, 6) is 0. The third-order valence-electron chi connectivity index (χ3n) is 0.496. The van der Waals surface area contributed by atoms with Crippen molar-refractivity contribution in [3.8, 4) is 0 Å². The topological polar surface area (TPSA) is 79.0 Å². The molecule has 0 aliphatic heterocycles. The van der Waals surface area contributed by atoms with E-state index in [9.17, 15) is 0 Å². The van der Waals surface area contributed by atoms with Gasteiger partial charge in [-0.15, -0.1) is 0 Å². The van der Waals surface area contributed by atoms with Crippen LogP contribution in [0.25, 0.3) is 0 Å². The van der Waals surface area contributed by atoms with Gasteiger partial charge in [-0.1, -0.05) is 0 Å². The maximum atomic E-state index is 8.33. The van der Waals surface area contributed by atoms with E-state index in [0.29, 0.717) is 0 Å². The predicted molar refractivity (Wildman–Crippen MR) is 26.2 cm³/mol. The van der Waals surface area contributed by atoms with Gasteiger partial charge in [-0.3, -0.25) is 0 Å². The van der Waals surface area contributed by atoms with Crippen LogP contribution in [0.2, 0.25) is 0 Å². The maximum Gasteiger partial charge on any atom is 1.00 e. The van der Waals surface area contributed by atoms with Gasteiger partial charge in [0.1, 0.15) is 0 Å². The van der Waals surface area contributed by atoms with Crippen LogP contribution in [0.4, 0.5) is 4.79 Å². The molecule has 1 rings (SSSR count). The van der Waals surface area contributed by atoms with Crippen LogP contribution in [-0.4, -0.2) is 11.1 Å². The zero-order valence-electron chi connectivity index (χ0n) is 6.53. The monoisotopic (exact) mass is 393 g/mol. The molecule has 4 nitrogen and oxygen atoms in total. The molecule has 0 aromatic carbocycles. The van der Waals surface area contributed by atoms with Gasteiger partial charge in [0.15, 0.2) is 0 Å². The molecule has 0 saturated heterocycles. The van der Waals surface area contributed by atoms with Gasteiger partial charge in [0, 0.05) is 12.4 Å². The van der Waals surface area contributed by atoms with Gasteiger partial charge in [0.2, 0.25) is 0 Å². The summed E-state index contributed by atoms with van der Waals surface area (Å²) >= 11 is 0. The SMILES string of the molecule is O=C([O-])[O-].[Cs+].[Cs+].c1cc[nH]c1. The van der Waals surface area contributed by atoms with Gasteiger partial charge in [-0.25, -0.2) is 0 Å². The van der Waals surface area contributed by atoms with Crippen LogP contribution < -0.4 is 148 Å². The van der Waals surface area contributed by atoms with E-state index in [1.54, 1.807) is 0 Å². The zero-order valence-corrected chi connectivity index (χ0v) is 19.1. The zero-order chi connectivity index (χ0) is 7.11. The van der Waals surface area contributed by atoms with Crippen LogP contribution in [0.3, 0.4) is 0 Å². The van der Waals surface area contributed by atoms with Crippen molar-refractivity contribution in [3.05, 3.63) is 24.5 Å². The normalized spacial score (nSPS) is 5.82. The number of H-pyrrole nitrogens is 1. The number of aromatic amines is 1. The molecule has 0 aliphatic rings. The number of hydrogen-bond acceptors (Lipinski definition) is 3. The number of aromatic nitrogens is 1. The first-order chi connectivity index (χ1) is 4.23. The minimum absolute atomic E-state index is 0. The Kier molecular flexibility index (Phi) is 26.5. The number of carbonyl (C=O) groups excluding carboxylic acids is 1. The van der Waals surface area contributed by atoms with Crippen molar-refractivity contribution in [1.29, 1.82) is 0 Å². The molecule has 0 fully saturated rings. The summed E-state index contributed by atoms with van der Waals surface area (Å²) in [4.78, 5) is 11.2. The molecular formula is C5H5Cs2NO3. The Labute approximate surface area is 182 Å². The first kappa shape index (κ1) is 19.3. The molecule has 0 radical (unpaired) electrons. The summed E-state index contributed by atoms with van der Waals surface area (Å²) in [6, 6.07) is 3.89. The minimum Gasteiger partial charge on any atom is -0.652 e. The Hall–Kier alpha value is 2.65. The summed E-state index contributed by atoms with van der Waals surface area (Å²) in [6.45, 7) is 0. The summed E-state index contributed by atoms with van der Waals surface area (Å²) in [7, 11) is 0. The molecular weight excluding hydrogens is 388 g/mol. The van der Waals surface area contributed by atoms with Crippen LogP contribution in [0.1, 0.15) is 0 Å². The van der Waals surface area contributed by atoms with E-state index in [2.05, 4.69) is 4.98 Å². The van der Waals surface area contributed by atoms with Crippen molar-refractivity contribution < 1.29 is 153 Å². The van der Waals surface area contributed by atoms with E-state index in [1.165, 1.54) is 0 Å². The van der Waals surface area contributed by atoms with E-state index in [-0.39, 0.29) is 138 Å². The Morgan fingerprint density at radius 1 is 1.09 bits per heavy atom. The van der Waals surface area contributed by atoms with Crippen LogP contribution in [0.15, 0.2) is 24.5 Å². The third kappa shape index (κ3) is 24.5. The summed E-state index contributed by atoms with van der Waals surface area (Å²) in [6.07, 6.45) is 1.42. The Bertz CT molecular complexity index is 134. The van der Waals surface area contributed by atoms with Crippen LogP contribution in [0, 0.1) is 0 Å².